The van der Waals surface area contributed by atoms with Crippen LogP contribution in [0.15, 0.2) is 29.0 Å². The lowest BCUT2D eigenvalue weighted by Gasteiger charge is -2.20. The van der Waals surface area contributed by atoms with Gasteiger partial charge in [-0.1, -0.05) is 0 Å². The molecule has 2 rings (SSSR count). The zero-order valence-electron chi connectivity index (χ0n) is 11.7. The first kappa shape index (κ1) is 13.9. The first-order valence-corrected chi connectivity index (χ1v) is 6.11. The van der Waals surface area contributed by atoms with E-state index in [1.807, 2.05) is 24.9 Å². The number of hydrogen-bond acceptors (Lipinski definition) is 6. The van der Waals surface area contributed by atoms with E-state index in [1.165, 1.54) is 13.3 Å². The summed E-state index contributed by atoms with van der Waals surface area (Å²) in [5.41, 5.74) is 7.66. The minimum atomic E-state index is -0.473. The van der Waals surface area contributed by atoms with E-state index >= 15 is 0 Å². The van der Waals surface area contributed by atoms with Gasteiger partial charge in [0.2, 0.25) is 0 Å². The third-order valence-corrected chi connectivity index (χ3v) is 3.11. The van der Waals surface area contributed by atoms with E-state index in [2.05, 4.69) is 4.98 Å². The van der Waals surface area contributed by atoms with Crippen LogP contribution in [0.3, 0.4) is 0 Å². The van der Waals surface area contributed by atoms with Crippen LogP contribution >= 0.6 is 0 Å². The predicted molar refractivity (Wildman–Crippen MR) is 75.5 cm³/mol. The Morgan fingerprint density at radius 1 is 1.50 bits per heavy atom. The van der Waals surface area contributed by atoms with Crippen LogP contribution < -0.4 is 10.6 Å². The molecular formula is C14H17N3O3. The smallest absolute Gasteiger partial charge is 0.340 e. The van der Waals surface area contributed by atoms with Gasteiger partial charge in [0.15, 0.2) is 5.82 Å². The molecule has 0 fully saturated rings. The summed E-state index contributed by atoms with van der Waals surface area (Å²) in [6.45, 7) is 2.48. The zero-order chi connectivity index (χ0) is 14.7. The van der Waals surface area contributed by atoms with E-state index < -0.39 is 5.97 Å². The molecule has 0 unspecified atom stereocenters. The van der Waals surface area contributed by atoms with Crippen molar-refractivity contribution in [3.05, 3.63) is 41.5 Å². The number of methoxy groups -OCH3 is 1. The molecule has 6 heteroatoms. The van der Waals surface area contributed by atoms with E-state index in [1.54, 1.807) is 12.3 Å². The lowest BCUT2D eigenvalue weighted by atomic mass is 10.2. The monoisotopic (exact) mass is 275 g/mol. The molecule has 2 N–H and O–H groups in total. The third-order valence-electron chi connectivity index (χ3n) is 3.11. The average Bonchev–Trinajstić information content (AvgIpc) is 2.83. The number of furan rings is 1. The van der Waals surface area contributed by atoms with Gasteiger partial charge in [0.1, 0.15) is 5.76 Å². The first-order valence-electron chi connectivity index (χ1n) is 6.11. The highest BCUT2D eigenvalue weighted by atomic mass is 16.5. The van der Waals surface area contributed by atoms with Crippen molar-refractivity contribution in [3.63, 3.8) is 0 Å². The van der Waals surface area contributed by atoms with Crippen LogP contribution in [0.1, 0.15) is 21.7 Å². The van der Waals surface area contributed by atoms with Gasteiger partial charge in [0, 0.05) is 25.4 Å². The van der Waals surface area contributed by atoms with Crippen LogP contribution in [0.5, 0.6) is 0 Å². The largest absolute Gasteiger partial charge is 0.469 e. The molecule has 0 aliphatic rings. The summed E-state index contributed by atoms with van der Waals surface area (Å²) in [6, 6.07) is 3.44. The lowest BCUT2D eigenvalue weighted by Crippen LogP contribution is -2.20. The number of esters is 1. The van der Waals surface area contributed by atoms with Gasteiger partial charge < -0.3 is 19.8 Å². The fourth-order valence-corrected chi connectivity index (χ4v) is 1.96. The molecule has 20 heavy (non-hydrogen) atoms. The molecule has 0 radical (unpaired) electrons. The van der Waals surface area contributed by atoms with Crippen molar-refractivity contribution in [2.75, 3.05) is 24.8 Å². The maximum atomic E-state index is 11.6. The Balaban J connectivity index is 2.28. The number of aromatic nitrogens is 1. The van der Waals surface area contributed by atoms with Crippen LogP contribution in [0, 0.1) is 6.92 Å². The van der Waals surface area contributed by atoms with Crippen molar-refractivity contribution in [3.8, 4) is 0 Å². The number of anilines is 2. The number of pyridine rings is 1. The molecule has 0 aromatic carbocycles. The Morgan fingerprint density at radius 3 is 2.85 bits per heavy atom. The van der Waals surface area contributed by atoms with Crippen molar-refractivity contribution >= 4 is 17.5 Å². The molecule has 0 amide bonds. The van der Waals surface area contributed by atoms with E-state index in [0.717, 1.165) is 11.3 Å². The van der Waals surface area contributed by atoms with Gasteiger partial charge in [0.25, 0.3) is 0 Å². The molecule has 106 valence electrons. The number of hydrogen-bond donors (Lipinski definition) is 1. The third kappa shape index (κ3) is 2.59. The molecular weight excluding hydrogens is 258 g/mol. The van der Waals surface area contributed by atoms with Gasteiger partial charge in [-0.3, -0.25) is 0 Å². The summed E-state index contributed by atoms with van der Waals surface area (Å²) in [5, 5.41) is 0. The van der Waals surface area contributed by atoms with Crippen LogP contribution in [-0.4, -0.2) is 25.1 Å². The second-order valence-electron chi connectivity index (χ2n) is 4.45. The number of ether oxygens (including phenoxy) is 1. The Kier molecular flexibility index (Phi) is 3.93. The van der Waals surface area contributed by atoms with Gasteiger partial charge in [-0.2, -0.15) is 0 Å². The molecule has 2 aromatic heterocycles. The highest BCUT2D eigenvalue weighted by molar-refractivity contribution is 5.97. The van der Waals surface area contributed by atoms with E-state index in [4.69, 9.17) is 14.9 Å². The number of aryl methyl sites for hydroxylation is 1. The Labute approximate surface area is 117 Å². The van der Waals surface area contributed by atoms with Crippen molar-refractivity contribution in [1.29, 1.82) is 0 Å². The van der Waals surface area contributed by atoms with Gasteiger partial charge in [0.05, 0.1) is 24.6 Å². The van der Waals surface area contributed by atoms with Gasteiger partial charge in [-0.05, 0) is 19.1 Å². The van der Waals surface area contributed by atoms with Crippen molar-refractivity contribution < 1.29 is 13.9 Å². The lowest BCUT2D eigenvalue weighted by molar-refractivity contribution is 0.0602. The highest BCUT2D eigenvalue weighted by Gasteiger charge is 2.17. The molecule has 0 saturated heterocycles. The summed E-state index contributed by atoms with van der Waals surface area (Å²) in [4.78, 5) is 17.7. The summed E-state index contributed by atoms with van der Waals surface area (Å²) < 4.78 is 9.95. The minimum Gasteiger partial charge on any atom is -0.469 e. The fraction of sp³-hybridized carbons (Fsp3) is 0.286. The molecule has 2 aromatic rings. The molecule has 0 bridgehead atoms. The number of nitrogens with zero attached hydrogens (tertiary/aromatic N) is 2. The van der Waals surface area contributed by atoms with E-state index in [9.17, 15) is 4.79 Å². The number of nitrogen functional groups attached to an aromatic ring is 1. The minimum absolute atomic E-state index is 0.308. The number of carbonyl (C=O) groups is 1. The zero-order valence-corrected chi connectivity index (χ0v) is 11.7. The molecule has 0 aliphatic heterocycles. The summed E-state index contributed by atoms with van der Waals surface area (Å²) in [6.07, 6.45) is 3.18. The molecule has 0 aliphatic carbocycles. The van der Waals surface area contributed by atoms with Crippen molar-refractivity contribution in [2.45, 2.75) is 13.5 Å². The van der Waals surface area contributed by atoms with Crippen molar-refractivity contribution in [1.82, 2.24) is 4.98 Å². The molecule has 6 nitrogen and oxygen atoms in total. The second-order valence-corrected chi connectivity index (χ2v) is 4.45. The number of nitrogens with two attached hydrogens (primary N) is 1. The van der Waals surface area contributed by atoms with Crippen LogP contribution in [-0.2, 0) is 11.3 Å². The summed E-state index contributed by atoms with van der Waals surface area (Å²) >= 11 is 0. The normalized spacial score (nSPS) is 10.3. The topological polar surface area (TPSA) is 81.6 Å². The predicted octanol–water partition coefficient (Wildman–Crippen LogP) is 1.99. The van der Waals surface area contributed by atoms with E-state index in [0.29, 0.717) is 23.6 Å². The van der Waals surface area contributed by atoms with E-state index in [-0.39, 0.29) is 0 Å². The number of rotatable bonds is 4. The standard InChI is InChI=1S/C14H17N3O3/c1-9-10(5-7-20-9)8-17(2)13-12(15)11(4-6-16-13)14(18)19-3/h4-7H,8,15H2,1-3H3. The maximum absolute atomic E-state index is 11.6. The first-order chi connectivity index (χ1) is 9.54. The highest BCUT2D eigenvalue weighted by Crippen LogP contribution is 2.25. The summed E-state index contributed by atoms with van der Waals surface area (Å²) in [7, 11) is 3.17. The second kappa shape index (κ2) is 5.64. The molecule has 0 atom stereocenters. The van der Waals surface area contributed by atoms with Gasteiger partial charge in [-0.15, -0.1) is 0 Å². The Morgan fingerprint density at radius 2 is 2.25 bits per heavy atom. The Hall–Kier alpha value is -2.50. The van der Waals surface area contributed by atoms with Gasteiger partial charge >= 0.3 is 5.97 Å². The molecule has 2 heterocycles. The number of carbonyl (C=O) groups excluding carboxylic acids is 1. The molecule has 0 spiro atoms. The molecule has 0 saturated carbocycles. The summed E-state index contributed by atoms with van der Waals surface area (Å²) in [5.74, 6) is 0.909. The SMILES string of the molecule is COC(=O)c1ccnc(N(C)Cc2ccoc2C)c1N. The van der Waals surface area contributed by atoms with Crippen LogP contribution in [0.2, 0.25) is 0 Å². The fourth-order valence-electron chi connectivity index (χ4n) is 1.96. The average molecular weight is 275 g/mol. The van der Waals surface area contributed by atoms with Crippen molar-refractivity contribution in [2.24, 2.45) is 0 Å². The quantitative estimate of drug-likeness (QED) is 0.859. The Bertz CT molecular complexity index is 622. The van der Waals surface area contributed by atoms with Crippen LogP contribution in [0.4, 0.5) is 11.5 Å². The van der Waals surface area contributed by atoms with Crippen LogP contribution in [0.25, 0.3) is 0 Å². The maximum Gasteiger partial charge on any atom is 0.340 e. The van der Waals surface area contributed by atoms with Gasteiger partial charge in [-0.25, -0.2) is 9.78 Å².